The van der Waals surface area contributed by atoms with Crippen molar-refractivity contribution in [2.24, 2.45) is 0 Å². The number of carboxylic acids is 1. The first-order valence-electron chi connectivity index (χ1n) is 6.17. The van der Waals surface area contributed by atoms with E-state index in [1.165, 1.54) is 32.2 Å². The molecule has 0 spiro atoms. The molecule has 20 heavy (non-hydrogen) atoms. The van der Waals surface area contributed by atoms with Gasteiger partial charge in [0.2, 0.25) is 10.0 Å². The zero-order valence-corrected chi connectivity index (χ0v) is 12.5. The van der Waals surface area contributed by atoms with Crippen LogP contribution in [0.3, 0.4) is 0 Å². The second-order valence-electron chi connectivity index (χ2n) is 4.42. The third-order valence-corrected chi connectivity index (χ3v) is 4.65. The normalized spacial score (nSPS) is 13.2. The van der Waals surface area contributed by atoms with Crippen LogP contribution in [0.25, 0.3) is 0 Å². The molecule has 0 bridgehead atoms. The number of aromatic carboxylic acids is 1. The lowest BCUT2D eigenvalue weighted by Crippen LogP contribution is -2.37. The first-order valence-corrected chi connectivity index (χ1v) is 7.66. The molecule has 0 heterocycles. The van der Waals surface area contributed by atoms with Crippen LogP contribution < -0.4 is 4.72 Å². The maximum Gasteiger partial charge on any atom is 0.335 e. The minimum Gasteiger partial charge on any atom is -0.478 e. The summed E-state index contributed by atoms with van der Waals surface area (Å²) in [6.45, 7) is 3.58. The molecule has 1 atom stereocenters. The molecule has 6 nitrogen and oxygen atoms in total. The number of rotatable bonds is 7. The number of carboxylic acid groups (broad SMARTS) is 1. The lowest BCUT2D eigenvalue weighted by atomic mass is 10.1. The lowest BCUT2D eigenvalue weighted by Gasteiger charge is -2.17. The molecule has 0 aromatic heterocycles. The van der Waals surface area contributed by atoms with E-state index < -0.39 is 16.0 Å². The molecule has 0 saturated carbocycles. The highest BCUT2D eigenvalue weighted by Crippen LogP contribution is 2.19. The number of carbonyl (C=O) groups is 1. The molecule has 0 amide bonds. The largest absolute Gasteiger partial charge is 0.478 e. The predicted molar refractivity (Wildman–Crippen MR) is 74.4 cm³/mol. The molecule has 1 rings (SSSR count). The summed E-state index contributed by atoms with van der Waals surface area (Å²) < 4.78 is 32.1. The standard InChI is InChI=1S/C13H19NO5S/c1-4-10(8-19-3)14-20(17,18)12-7-5-6-11(9(12)2)13(15)16/h5-7,10,14H,4,8H2,1-3H3,(H,15,16). The number of hydrogen-bond acceptors (Lipinski definition) is 4. The van der Waals surface area contributed by atoms with Crippen LogP contribution in [0.1, 0.15) is 29.3 Å². The molecule has 7 heteroatoms. The van der Waals surface area contributed by atoms with E-state index in [4.69, 9.17) is 9.84 Å². The van der Waals surface area contributed by atoms with E-state index in [0.29, 0.717) is 6.42 Å². The summed E-state index contributed by atoms with van der Waals surface area (Å²) in [5, 5.41) is 9.03. The Balaban J connectivity index is 3.16. The van der Waals surface area contributed by atoms with Gasteiger partial charge in [-0.05, 0) is 31.0 Å². The molecule has 1 aromatic rings. The van der Waals surface area contributed by atoms with E-state index in [9.17, 15) is 13.2 Å². The second-order valence-corrected chi connectivity index (χ2v) is 6.10. The Morgan fingerprint density at radius 2 is 2.10 bits per heavy atom. The Morgan fingerprint density at radius 1 is 1.45 bits per heavy atom. The van der Waals surface area contributed by atoms with Crippen LogP contribution in [0.4, 0.5) is 0 Å². The minimum absolute atomic E-state index is 0.0207. The van der Waals surface area contributed by atoms with Gasteiger partial charge in [0.1, 0.15) is 0 Å². The van der Waals surface area contributed by atoms with Crippen molar-refractivity contribution in [3.8, 4) is 0 Å². The smallest absolute Gasteiger partial charge is 0.335 e. The fraction of sp³-hybridized carbons (Fsp3) is 0.462. The third-order valence-electron chi connectivity index (χ3n) is 2.99. The molecule has 0 aliphatic rings. The Bertz CT molecular complexity index is 582. The van der Waals surface area contributed by atoms with Gasteiger partial charge in [0.05, 0.1) is 17.1 Å². The van der Waals surface area contributed by atoms with E-state index >= 15 is 0 Å². The van der Waals surface area contributed by atoms with Crippen LogP contribution in [-0.2, 0) is 14.8 Å². The number of hydrogen-bond donors (Lipinski definition) is 2. The van der Waals surface area contributed by atoms with Gasteiger partial charge in [-0.2, -0.15) is 0 Å². The van der Waals surface area contributed by atoms with Crippen molar-refractivity contribution in [3.05, 3.63) is 29.3 Å². The van der Waals surface area contributed by atoms with Crippen molar-refractivity contribution in [2.45, 2.75) is 31.2 Å². The van der Waals surface area contributed by atoms with Gasteiger partial charge in [0.25, 0.3) is 0 Å². The molecule has 0 aliphatic heterocycles. The van der Waals surface area contributed by atoms with Crippen molar-refractivity contribution in [2.75, 3.05) is 13.7 Å². The summed E-state index contributed by atoms with van der Waals surface area (Å²) in [6.07, 6.45) is 0.574. The van der Waals surface area contributed by atoms with E-state index in [0.717, 1.165) is 0 Å². The van der Waals surface area contributed by atoms with Gasteiger partial charge in [-0.1, -0.05) is 13.0 Å². The van der Waals surface area contributed by atoms with Crippen LogP contribution >= 0.6 is 0 Å². The van der Waals surface area contributed by atoms with Crippen LogP contribution in [-0.4, -0.2) is 39.3 Å². The van der Waals surface area contributed by atoms with Gasteiger partial charge in [0.15, 0.2) is 0 Å². The fourth-order valence-corrected chi connectivity index (χ4v) is 3.43. The summed E-state index contributed by atoms with van der Waals surface area (Å²) in [6, 6.07) is 3.84. The predicted octanol–water partition coefficient (Wildman–Crippen LogP) is 1.40. The van der Waals surface area contributed by atoms with E-state index in [1.54, 1.807) is 0 Å². The quantitative estimate of drug-likeness (QED) is 0.794. The van der Waals surface area contributed by atoms with Gasteiger partial charge in [0, 0.05) is 13.2 Å². The topological polar surface area (TPSA) is 92.7 Å². The molecule has 2 N–H and O–H groups in total. The molecule has 0 saturated heterocycles. The fourth-order valence-electron chi connectivity index (χ4n) is 1.86. The summed E-state index contributed by atoms with van der Waals surface area (Å²) >= 11 is 0. The number of ether oxygens (including phenoxy) is 1. The molecule has 0 radical (unpaired) electrons. The Morgan fingerprint density at radius 3 is 2.60 bits per heavy atom. The van der Waals surface area contributed by atoms with Gasteiger partial charge in [-0.3, -0.25) is 0 Å². The first kappa shape index (κ1) is 16.6. The average Bonchev–Trinajstić information content (AvgIpc) is 2.37. The lowest BCUT2D eigenvalue weighted by molar-refractivity contribution is 0.0696. The highest BCUT2D eigenvalue weighted by molar-refractivity contribution is 7.89. The summed E-state index contributed by atoms with van der Waals surface area (Å²) in [4.78, 5) is 11.0. The van der Waals surface area contributed by atoms with Crippen LogP contribution in [0.2, 0.25) is 0 Å². The van der Waals surface area contributed by atoms with Gasteiger partial charge in [-0.25, -0.2) is 17.9 Å². The van der Waals surface area contributed by atoms with E-state index in [2.05, 4.69) is 4.72 Å². The van der Waals surface area contributed by atoms with Crippen molar-refractivity contribution in [1.29, 1.82) is 0 Å². The summed E-state index contributed by atoms with van der Waals surface area (Å²) in [5.41, 5.74) is 0.201. The van der Waals surface area contributed by atoms with Gasteiger partial charge >= 0.3 is 5.97 Å². The highest BCUT2D eigenvalue weighted by atomic mass is 32.2. The highest BCUT2D eigenvalue weighted by Gasteiger charge is 2.23. The van der Waals surface area contributed by atoms with Gasteiger partial charge in [-0.15, -0.1) is 0 Å². The van der Waals surface area contributed by atoms with Crippen molar-refractivity contribution < 1.29 is 23.1 Å². The van der Waals surface area contributed by atoms with Gasteiger partial charge < -0.3 is 9.84 Å². The van der Waals surface area contributed by atoms with Crippen molar-refractivity contribution in [1.82, 2.24) is 4.72 Å². The summed E-state index contributed by atoms with van der Waals surface area (Å²) in [7, 11) is -2.28. The molecule has 1 unspecified atom stereocenters. The van der Waals surface area contributed by atoms with Crippen LogP contribution in [0.5, 0.6) is 0 Å². The van der Waals surface area contributed by atoms with E-state index in [1.807, 2.05) is 6.92 Å². The summed E-state index contributed by atoms with van der Waals surface area (Å²) in [5.74, 6) is -1.15. The SMILES string of the molecule is CCC(COC)NS(=O)(=O)c1cccc(C(=O)O)c1C. The third kappa shape index (κ3) is 3.78. The van der Waals surface area contributed by atoms with Crippen LogP contribution in [0.15, 0.2) is 23.1 Å². The first-order chi connectivity index (χ1) is 9.33. The number of benzene rings is 1. The Labute approximate surface area is 118 Å². The number of sulfonamides is 1. The molecular weight excluding hydrogens is 282 g/mol. The maximum absolute atomic E-state index is 12.3. The van der Waals surface area contributed by atoms with Crippen molar-refractivity contribution >= 4 is 16.0 Å². The zero-order chi connectivity index (χ0) is 15.3. The van der Waals surface area contributed by atoms with Crippen LogP contribution in [0, 0.1) is 6.92 Å². The zero-order valence-electron chi connectivity index (χ0n) is 11.7. The Kier molecular flexibility index (Phi) is 5.67. The number of methoxy groups -OCH3 is 1. The second kappa shape index (κ2) is 6.83. The van der Waals surface area contributed by atoms with Crippen molar-refractivity contribution in [3.63, 3.8) is 0 Å². The number of nitrogens with one attached hydrogen (secondary N) is 1. The molecular formula is C13H19NO5S. The molecule has 112 valence electrons. The van der Waals surface area contributed by atoms with E-state index in [-0.39, 0.29) is 28.7 Å². The Hall–Kier alpha value is -1.44. The molecule has 0 aliphatic carbocycles. The molecule has 1 aromatic carbocycles. The molecule has 0 fully saturated rings. The average molecular weight is 301 g/mol. The minimum atomic E-state index is -3.77. The monoisotopic (exact) mass is 301 g/mol. The maximum atomic E-state index is 12.3.